The number of rotatable bonds is 3. The molecule has 1 aliphatic heterocycles. The Morgan fingerprint density at radius 3 is 2.64 bits per heavy atom. The number of nitrogens with one attached hydrogen (secondary N) is 1. The minimum absolute atomic E-state index is 0.0410. The molecule has 28 heavy (non-hydrogen) atoms. The average Bonchev–Trinajstić information content (AvgIpc) is 3.13. The lowest BCUT2D eigenvalue weighted by Crippen LogP contribution is -2.28. The molecule has 3 aromatic carbocycles. The first-order valence-corrected chi connectivity index (χ1v) is 9.33. The smallest absolute Gasteiger partial charge is 0.241 e. The molecule has 2 atom stereocenters. The van der Waals surface area contributed by atoms with Crippen molar-refractivity contribution in [3.63, 3.8) is 0 Å². The zero-order valence-corrected chi connectivity index (χ0v) is 15.5. The zero-order valence-electron chi connectivity index (χ0n) is 15.5. The molecule has 1 aromatic heterocycles. The number of hydrogen-bond acceptors (Lipinski definition) is 5. The van der Waals surface area contributed by atoms with Gasteiger partial charge in [-0.05, 0) is 40.5 Å². The molecule has 0 amide bonds. The van der Waals surface area contributed by atoms with Gasteiger partial charge in [-0.15, -0.1) is 5.10 Å². The van der Waals surface area contributed by atoms with Crippen LogP contribution in [0, 0.1) is 0 Å². The number of benzene rings is 3. The van der Waals surface area contributed by atoms with Gasteiger partial charge in [-0.2, -0.15) is 4.98 Å². The number of methoxy groups -OCH3 is 1. The highest BCUT2D eigenvalue weighted by Gasteiger charge is 2.31. The van der Waals surface area contributed by atoms with E-state index < -0.39 is 0 Å². The highest BCUT2D eigenvalue weighted by Crippen LogP contribution is 2.40. The van der Waals surface area contributed by atoms with Gasteiger partial charge in [-0.1, -0.05) is 54.6 Å². The van der Waals surface area contributed by atoms with E-state index in [0.717, 1.165) is 12.2 Å². The van der Waals surface area contributed by atoms with E-state index in [1.807, 2.05) is 16.8 Å². The minimum atomic E-state index is 0.0410. The fourth-order valence-corrected chi connectivity index (χ4v) is 4.05. The number of nitrogen functional groups attached to an aromatic ring is 1. The molecule has 6 nitrogen and oxygen atoms in total. The van der Waals surface area contributed by atoms with Gasteiger partial charge >= 0.3 is 0 Å². The van der Waals surface area contributed by atoms with Gasteiger partial charge in [-0.3, -0.25) is 0 Å². The molecule has 0 aliphatic carbocycles. The van der Waals surface area contributed by atoms with Crippen LogP contribution >= 0.6 is 0 Å². The molecule has 0 saturated heterocycles. The lowest BCUT2D eigenvalue weighted by atomic mass is 9.90. The lowest BCUT2D eigenvalue weighted by molar-refractivity contribution is 0.413. The fourth-order valence-electron chi connectivity index (χ4n) is 4.05. The third-order valence-electron chi connectivity index (χ3n) is 5.41. The summed E-state index contributed by atoms with van der Waals surface area (Å²) >= 11 is 0. The lowest BCUT2D eigenvalue weighted by Gasteiger charge is -2.32. The van der Waals surface area contributed by atoms with E-state index in [9.17, 15) is 0 Å². The number of aromatic nitrogens is 3. The zero-order chi connectivity index (χ0) is 19.1. The molecule has 1 aliphatic rings. The molecule has 0 fully saturated rings. The van der Waals surface area contributed by atoms with Crippen LogP contribution in [0.5, 0.6) is 5.75 Å². The fraction of sp³-hybridized carbons (Fsp3) is 0.182. The number of anilines is 2. The van der Waals surface area contributed by atoms with Crippen LogP contribution in [0.2, 0.25) is 0 Å². The van der Waals surface area contributed by atoms with Crippen LogP contribution in [0.25, 0.3) is 10.8 Å². The summed E-state index contributed by atoms with van der Waals surface area (Å²) in [5.74, 6) is 1.82. The maximum atomic E-state index is 5.93. The van der Waals surface area contributed by atoms with Gasteiger partial charge in [0.15, 0.2) is 0 Å². The predicted molar refractivity (Wildman–Crippen MR) is 110 cm³/mol. The molecule has 5 rings (SSSR count). The molecule has 140 valence electrons. The van der Waals surface area contributed by atoms with Crippen molar-refractivity contribution >= 4 is 22.7 Å². The first-order chi connectivity index (χ1) is 13.7. The number of hydrogen-bond donors (Lipinski definition) is 2. The SMILES string of the molecule is COc1ccc([C@@H]2C[C@H](c3cccc4ccccc34)n3nc(N)nc3N2)cc1. The van der Waals surface area contributed by atoms with Crippen molar-refractivity contribution in [2.75, 3.05) is 18.2 Å². The van der Waals surface area contributed by atoms with E-state index in [1.54, 1.807) is 7.11 Å². The largest absolute Gasteiger partial charge is 0.497 e. The monoisotopic (exact) mass is 371 g/mol. The molecule has 0 unspecified atom stereocenters. The Hall–Kier alpha value is -3.54. The van der Waals surface area contributed by atoms with Gasteiger partial charge in [0.1, 0.15) is 5.75 Å². The van der Waals surface area contributed by atoms with E-state index in [-0.39, 0.29) is 18.0 Å². The standard InChI is InChI=1S/C22H21N5O/c1-28-16-11-9-15(10-12-16)19-13-20(27-22(24-19)25-21(23)26-27)18-8-4-6-14-5-2-3-7-17(14)18/h2-12,19-20H,13H2,1H3,(H3,23,24,25,26)/t19-,20+/m0/s1. The third-order valence-corrected chi connectivity index (χ3v) is 5.41. The summed E-state index contributed by atoms with van der Waals surface area (Å²) in [6, 6.07) is 23.1. The van der Waals surface area contributed by atoms with Crippen LogP contribution in [0.4, 0.5) is 11.9 Å². The van der Waals surface area contributed by atoms with Gasteiger partial charge in [-0.25, -0.2) is 4.68 Å². The van der Waals surface area contributed by atoms with E-state index in [4.69, 9.17) is 10.5 Å². The normalized spacial score (nSPS) is 18.5. The molecule has 0 radical (unpaired) electrons. The van der Waals surface area contributed by atoms with E-state index in [1.165, 1.54) is 21.9 Å². The molecule has 4 aromatic rings. The summed E-state index contributed by atoms with van der Waals surface area (Å²) in [6.45, 7) is 0. The highest BCUT2D eigenvalue weighted by atomic mass is 16.5. The van der Waals surface area contributed by atoms with E-state index in [2.05, 4.69) is 70.0 Å². The van der Waals surface area contributed by atoms with Crippen molar-refractivity contribution in [2.24, 2.45) is 0 Å². The van der Waals surface area contributed by atoms with Crippen molar-refractivity contribution in [1.29, 1.82) is 0 Å². The Labute approximate surface area is 163 Å². The topological polar surface area (TPSA) is 78.0 Å². The summed E-state index contributed by atoms with van der Waals surface area (Å²) in [6.07, 6.45) is 0.843. The second-order valence-electron chi connectivity index (χ2n) is 7.03. The molecular formula is C22H21N5O. The van der Waals surface area contributed by atoms with Crippen molar-refractivity contribution in [1.82, 2.24) is 14.8 Å². The van der Waals surface area contributed by atoms with Gasteiger partial charge in [0.05, 0.1) is 19.2 Å². The van der Waals surface area contributed by atoms with Crippen molar-refractivity contribution in [2.45, 2.75) is 18.5 Å². The van der Waals surface area contributed by atoms with Crippen LogP contribution in [0.1, 0.15) is 29.6 Å². The first-order valence-electron chi connectivity index (χ1n) is 9.33. The Kier molecular flexibility index (Phi) is 3.90. The Balaban J connectivity index is 1.61. The first kappa shape index (κ1) is 16.6. The van der Waals surface area contributed by atoms with Gasteiger partial charge in [0.2, 0.25) is 11.9 Å². The van der Waals surface area contributed by atoms with Gasteiger partial charge in [0.25, 0.3) is 0 Å². The maximum Gasteiger partial charge on any atom is 0.241 e. The van der Waals surface area contributed by atoms with Crippen LogP contribution in [0.15, 0.2) is 66.7 Å². The van der Waals surface area contributed by atoms with Crippen LogP contribution in [-0.2, 0) is 0 Å². The average molecular weight is 371 g/mol. The molecular weight excluding hydrogens is 350 g/mol. The Morgan fingerprint density at radius 1 is 1.04 bits per heavy atom. The molecule has 0 spiro atoms. The summed E-state index contributed by atoms with van der Waals surface area (Å²) in [5.41, 5.74) is 8.34. The highest BCUT2D eigenvalue weighted by molar-refractivity contribution is 5.86. The van der Waals surface area contributed by atoms with Crippen LogP contribution in [0.3, 0.4) is 0 Å². The molecule has 2 heterocycles. The van der Waals surface area contributed by atoms with Crippen molar-refractivity contribution in [3.05, 3.63) is 77.9 Å². The third kappa shape index (κ3) is 2.74. The van der Waals surface area contributed by atoms with Crippen molar-refractivity contribution in [3.8, 4) is 5.75 Å². The quantitative estimate of drug-likeness (QED) is 0.565. The molecule has 3 N–H and O–H groups in total. The molecule has 0 saturated carbocycles. The number of fused-ring (bicyclic) bond motifs is 2. The van der Waals surface area contributed by atoms with Gasteiger partial charge < -0.3 is 15.8 Å². The van der Waals surface area contributed by atoms with Crippen LogP contribution < -0.4 is 15.8 Å². The molecule has 6 heteroatoms. The molecule has 0 bridgehead atoms. The number of nitrogens with zero attached hydrogens (tertiary/aromatic N) is 3. The predicted octanol–water partition coefficient (Wildman–Crippen LogP) is 4.17. The van der Waals surface area contributed by atoms with E-state index in [0.29, 0.717) is 5.95 Å². The summed E-state index contributed by atoms with van der Waals surface area (Å²) in [7, 11) is 1.68. The van der Waals surface area contributed by atoms with E-state index >= 15 is 0 Å². The summed E-state index contributed by atoms with van der Waals surface area (Å²) in [4.78, 5) is 4.41. The van der Waals surface area contributed by atoms with Crippen LogP contribution in [-0.4, -0.2) is 21.9 Å². The summed E-state index contributed by atoms with van der Waals surface area (Å²) in [5, 5.41) is 10.4. The van der Waals surface area contributed by atoms with Crippen molar-refractivity contribution < 1.29 is 4.74 Å². The second kappa shape index (κ2) is 6.56. The number of nitrogens with two attached hydrogens (primary N) is 1. The Morgan fingerprint density at radius 2 is 1.82 bits per heavy atom. The summed E-state index contributed by atoms with van der Waals surface area (Å²) < 4.78 is 7.21. The Bertz CT molecular complexity index is 1130. The minimum Gasteiger partial charge on any atom is -0.497 e. The number of ether oxygens (including phenoxy) is 1. The van der Waals surface area contributed by atoms with Gasteiger partial charge in [0, 0.05) is 0 Å². The second-order valence-corrected chi connectivity index (χ2v) is 7.03. The maximum absolute atomic E-state index is 5.93.